The van der Waals surface area contributed by atoms with Gasteiger partial charge in [0.25, 0.3) is 0 Å². The first-order valence-electron chi connectivity index (χ1n) is 17.9. The van der Waals surface area contributed by atoms with Gasteiger partial charge >= 0.3 is 0 Å². The van der Waals surface area contributed by atoms with Crippen LogP contribution in [0.4, 0.5) is 5.69 Å². The highest BCUT2D eigenvalue weighted by molar-refractivity contribution is 6.03. The molecule has 2 aliphatic carbocycles. The van der Waals surface area contributed by atoms with E-state index < -0.39 is 0 Å². The Labute approximate surface area is 301 Å². The van der Waals surface area contributed by atoms with E-state index in [9.17, 15) is 0 Å². The number of hydrogen-bond acceptors (Lipinski definition) is 4. The number of rotatable bonds is 4. The number of fused-ring (bicyclic) bond motifs is 6. The average Bonchev–Trinajstić information content (AvgIpc) is 3.75. The predicted octanol–water partition coefficient (Wildman–Crippen LogP) is 8.52. The molecule has 0 unspecified atom stereocenters. The van der Waals surface area contributed by atoms with Gasteiger partial charge in [0, 0.05) is 30.2 Å². The van der Waals surface area contributed by atoms with E-state index in [1.54, 1.807) is 0 Å². The van der Waals surface area contributed by atoms with Crippen molar-refractivity contribution < 1.29 is 0 Å². The van der Waals surface area contributed by atoms with Crippen LogP contribution in [0.25, 0.3) is 45.4 Å². The lowest BCUT2D eigenvalue weighted by molar-refractivity contribution is 0.546. The molecule has 1 aromatic heterocycles. The van der Waals surface area contributed by atoms with Crippen LogP contribution in [-0.4, -0.2) is 21.4 Å². The Bertz CT molecular complexity index is 2960. The Morgan fingerprint density at radius 3 is 2.37 bits per heavy atom. The fourth-order valence-corrected chi connectivity index (χ4v) is 8.61. The zero-order chi connectivity index (χ0) is 34.2. The molecule has 0 spiro atoms. The molecule has 0 amide bonds. The van der Waals surface area contributed by atoms with Gasteiger partial charge in [-0.15, -0.1) is 0 Å². The van der Waals surface area contributed by atoms with E-state index in [1.165, 1.54) is 70.6 Å². The molecule has 7 aromatic rings. The van der Waals surface area contributed by atoms with Gasteiger partial charge in [-0.05, 0) is 120 Å². The van der Waals surface area contributed by atoms with Crippen LogP contribution in [0, 0.1) is 10.4 Å². The van der Waals surface area contributed by atoms with Crippen molar-refractivity contribution in [1.29, 1.82) is 0 Å². The van der Waals surface area contributed by atoms with Crippen molar-refractivity contribution in [2.24, 2.45) is 0 Å². The summed E-state index contributed by atoms with van der Waals surface area (Å²) in [6, 6.07) is 46.1. The molecule has 6 aromatic carbocycles. The van der Waals surface area contributed by atoms with Crippen LogP contribution >= 0.6 is 0 Å². The quantitative estimate of drug-likeness (QED) is 0.189. The highest BCUT2D eigenvalue weighted by Crippen LogP contribution is 2.46. The van der Waals surface area contributed by atoms with Crippen molar-refractivity contribution in [1.82, 2.24) is 14.9 Å². The van der Waals surface area contributed by atoms with Gasteiger partial charge in [0.2, 0.25) is 0 Å². The Kier molecular flexibility index (Phi) is 6.34. The van der Waals surface area contributed by atoms with Gasteiger partial charge in [0.05, 0.1) is 5.70 Å². The standard InChI is InChI=1S/C48H32N4/c1-2-17-38(18-3-1)52-43-20-8-9-25-51(43)46(47(52)48-49-23-11-24-50-48)45-40-28-34-15-7-6-14-33(34)27-37(40)30-41-42(45)29-36-16-10-19-39(44(36)41)35-22-21-31-12-4-5-13-32(31)26-35/h1-24,26,28-30H,25,27H2. The maximum Gasteiger partial charge on any atom is 0.178 e. The smallest absolute Gasteiger partial charge is 0.178 e. The van der Waals surface area contributed by atoms with Crippen LogP contribution in [0.2, 0.25) is 0 Å². The van der Waals surface area contributed by atoms with Crippen LogP contribution in [0.15, 0.2) is 164 Å². The fourth-order valence-electron chi connectivity index (χ4n) is 8.61. The van der Waals surface area contributed by atoms with Gasteiger partial charge in [-0.3, -0.25) is 4.90 Å². The minimum atomic E-state index is 0.701. The Morgan fingerprint density at radius 2 is 1.46 bits per heavy atom. The Hall–Kier alpha value is -6.78. The molecule has 0 bridgehead atoms. The molecule has 0 N–H and O–H groups in total. The summed E-state index contributed by atoms with van der Waals surface area (Å²) >= 11 is 0. The summed E-state index contributed by atoms with van der Waals surface area (Å²) < 4.78 is 0. The molecule has 0 saturated heterocycles. The molecule has 0 fully saturated rings. The Balaban J connectivity index is 1.30. The normalized spacial score (nSPS) is 15.0. The summed E-state index contributed by atoms with van der Waals surface area (Å²) in [5, 5.41) is 7.58. The summed E-state index contributed by atoms with van der Waals surface area (Å²) in [6.07, 6.45) is 16.0. The summed E-state index contributed by atoms with van der Waals surface area (Å²) in [7, 11) is 0. The molecular weight excluding hydrogens is 633 g/mol. The molecule has 0 atom stereocenters. The van der Waals surface area contributed by atoms with Crippen molar-refractivity contribution in [3.63, 3.8) is 0 Å². The Morgan fingerprint density at radius 1 is 0.635 bits per heavy atom. The first-order valence-corrected chi connectivity index (χ1v) is 17.9. The van der Waals surface area contributed by atoms with E-state index >= 15 is 0 Å². The SMILES string of the molecule is C1=CCN2C(=C1)N(c1ccccc1)C(c1ncccn1)=C2c1c2c(cc3c1=Cc1ccccc1C3)=c1c(-c3ccc4ccccc4c3)cccc1=C2. The highest BCUT2D eigenvalue weighted by atomic mass is 15.4. The van der Waals surface area contributed by atoms with Gasteiger partial charge in [-0.2, -0.15) is 0 Å². The number of para-hydroxylation sites is 1. The van der Waals surface area contributed by atoms with Crippen molar-refractivity contribution in [3.8, 4) is 11.1 Å². The van der Waals surface area contributed by atoms with E-state index in [0.717, 1.165) is 35.9 Å². The van der Waals surface area contributed by atoms with Crippen LogP contribution in [-0.2, 0) is 6.42 Å². The molecule has 0 radical (unpaired) electrons. The van der Waals surface area contributed by atoms with Crippen LogP contribution in [0.3, 0.4) is 0 Å². The maximum atomic E-state index is 4.92. The van der Waals surface area contributed by atoms with E-state index in [2.05, 4.69) is 162 Å². The molecule has 244 valence electrons. The number of aromatic nitrogens is 2. The van der Waals surface area contributed by atoms with Gasteiger partial charge in [0.15, 0.2) is 5.82 Å². The lowest BCUT2D eigenvalue weighted by Gasteiger charge is -2.29. The fraction of sp³-hybridized carbons (Fsp3) is 0.0417. The molecular formula is C48H32N4. The van der Waals surface area contributed by atoms with Gasteiger partial charge in [-0.1, -0.05) is 109 Å². The summed E-state index contributed by atoms with van der Waals surface area (Å²) in [6.45, 7) is 0.741. The number of anilines is 1. The van der Waals surface area contributed by atoms with Crippen molar-refractivity contribution in [2.45, 2.75) is 6.42 Å². The third-order valence-electron chi connectivity index (χ3n) is 10.9. The minimum absolute atomic E-state index is 0.701. The van der Waals surface area contributed by atoms with Gasteiger partial charge < -0.3 is 4.90 Å². The van der Waals surface area contributed by atoms with Crippen LogP contribution in [0.1, 0.15) is 33.6 Å². The lowest BCUT2D eigenvalue weighted by atomic mass is 9.86. The molecule has 0 saturated carbocycles. The van der Waals surface area contributed by atoms with E-state index in [4.69, 9.17) is 9.97 Å². The monoisotopic (exact) mass is 664 g/mol. The third-order valence-corrected chi connectivity index (χ3v) is 10.9. The number of benzene rings is 6. The molecule has 2 aliphatic heterocycles. The summed E-state index contributed by atoms with van der Waals surface area (Å²) in [5.74, 6) is 1.80. The summed E-state index contributed by atoms with van der Waals surface area (Å²) in [5.41, 5.74) is 12.1. The maximum absolute atomic E-state index is 4.92. The zero-order valence-corrected chi connectivity index (χ0v) is 28.4. The van der Waals surface area contributed by atoms with Crippen molar-refractivity contribution >= 4 is 40.0 Å². The molecule has 4 nitrogen and oxygen atoms in total. The second kappa shape index (κ2) is 11.4. The average molecular weight is 665 g/mol. The second-order valence-corrected chi connectivity index (χ2v) is 13.8. The van der Waals surface area contributed by atoms with Crippen LogP contribution < -0.4 is 15.3 Å². The number of nitrogens with zero attached hydrogens (tertiary/aromatic N) is 4. The predicted molar refractivity (Wildman–Crippen MR) is 211 cm³/mol. The first kappa shape index (κ1) is 29.0. The highest BCUT2D eigenvalue weighted by Gasteiger charge is 2.40. The zero-order valence-electron chi connectivity index (χ0n) is 28.4. The van der Waals surface area contributed by atoms with Gasteiger partial charge in [0.1, 0.15) is 11.5 Å². The van der Waals surface area contributed by atoms with E-state index in [-0.39, 0.29) is 0 Å². The van der Waals surface area contributed by atoms with Crippen molar-refractivity contribution in [3.05, 3.63) is 218 Å². The number of hydrogen-bond donors (Lipinski definition) is 0. The minimum Gasteiger partial charge on any atom is -0.321 e. The number of allylic oxidation sites excluding steroid dienone is 2. The van der Waals surface area contributed by atoms with Gasteiger partial charge in [-0.25, -0.2) is 9.97 Å². The molecule has 3 heterocycles. The van der Waals surface area contributed by atoms with E-state index in [0.29, 0.717) is 5.82 Å². The third kappa shape index (κ3) is 4.34. The largest absolute Gasteiger partial charge is 0.321 e. The molecule has 4 heteroatoms. The second-order valence-electron chi connectivity index (χ2n) is 13.8. The van der Waals surface area contributed by atoms with E-state index in [1.807, 2.05) is 18.5 Å². The van der Waals surface area contributed by atoms with Crippen molar-refractivity contribution in [2.75, 3.05) is 11.4 Å². The lowest BCUT2D eigenvalue weighted by Crippen LogP contribution is -2.29. The molecule has 11 rings (SSSR count). The summed E-state index contributed by atoms with van der Waals surface area (Å²) in [4.78, 5) is 14.7. The molecule has 52 heavy (non-hydrogen) atoms. The first-order chi connectivity index (χ1) is 25.8. The topological polar surface area (TPSA) is 32.3 Å². The molecule has 4 aliphatic rings. The van der Waals surface area contributed by atoms with Crippen LogP contribution in [0.5, 0.6) is 0 Å².